The van der Waals surface area contributed by atoms with Gasteiger partial charge in [-0.1, -0.05) is 30.3 Å². The van der Waals surface area contributed by atoms with Crippen molar-refractivity contribution < 1.29 is 29.4 Å². The number of carbonyl (C=O) groups excluding carboxylic acids is 4. The van der Waals surface area contributed by atoms with E-state index in [1.165, 1.54) is 13.0 Å². The molecule has 0 saturated carbocycles. The lowest BCUT2D eigenvalue weighted by molar-refractivity contribution is -0.310. The second kappa shape index (κ2) is 9.09. The van der Waals surface area contributed by atoms with Crippen LogP contribution in [0.25, 0.3) is 6.08 Å². The van der Waals surface area contributed by atoms with Crippen LogP contribution in [0.5, 0.6) is 0 Å². The van der Waals surface area contributed by atoms with E-state index in [9.17, 15) is 29.4 Å². The van der Waals surface area contributed by atoms with E-state index >= 15 is 0 Å². The zero-order valence-electron chi connectivity index (χ0n) is 12.9. The van der Waals surface area contributed by atoms with Crippen LogP contribution in [0.15, 0.2) is 36.0 Å². The Morgan fingerprint density at radius 2 is 1.75 bits per heavy atom. The van der Waals surface area contributed by atoms with E-state index in [-0.39, 0.29) is 5.70 Å². The van der Waals surface area contributed by atoms with Crippen LogP contribution in [-0.4, -0.2) is 29.8 Å². The van der Waals surface area contributed by atoms with E-state index in [1.54, 1.807) is 30.3 Å². The molecular weight excluding hydrogens is 316 g/mol. The molecule has 0 heterocycles. The van der Waals surface area contributed by atoms with Crippen molar-refractivity contribution in [3.8, 4) is 0 Å². The first-order valence-corrected chi connectivity index (χ1v) is 7.05. The van der Waals surface area contributed by atoms with E-state index in [2.05, 4.69) is 10.6 Å². The van der Waals surface area contributed by atoms with Crippen molar-refractivity contribution in [1.82, 2.24) is 10.6 Å². The second-order valence-corrected chi connectivity index (χ2v) is 4.91. The number of amides is 2. The van der Waals surface area contributed by atoms with Gasteiger partial charge in [0.25, 0.3) is 5.91 Å². The first kappa shape index (κ1) is 18.9. The number of benzene rings is 1. The monoisotopic (exact) mass is 332 g/mol. The average molecular weight is 332 g/mol. The Morgan fingerprint density at radius 3 is 2.25 bits per heavy atom. The quantitative estimate of drug-likeness (QED) is 0.524. The van der Waals surface area contributed by atoms with E-state index in [0.717, 1.165) is 0 Å². The van der Waals surface area contributed by atoms with Crippen molar-refractivity contribution in [3.63, 3.8) is 0 Å². The minimum absolute atomic E-state index is 0.173. The predicted octanol–water partition coefficient (Wildman–Crippen LogP) is -2.07. The lowest BCUT2D eigenvalue weighted by atomic mass is 10.1. The molecule has 8 heteroatoms. The van der Waals surface area contributed by atoms with Crippen LogP contribution in [0.2, 0.25) is 0 Å². The summed E-state index contributed by atoms with van der Waals surface area (Å²) in [6.45, 7) is 1.19. The Bertz CT molecular complexity index is 654. The molecule has 0 aromatic heterocycles. The van der Waals surface area contributed by atoms with Crippen molar-refractivity contribution in [3.05, 3.63) is 41.6 Å². The Labute approximate surface area is 138 Å². The number of hydrogen-bond acceptors (Lipinski definition) is 6. The first-order valence-electron chi connectivity index (χ1n) is 7.05. The maximum absolute atomic E-state index is 12.2. The number of aliphatic carboxylic acids is 2. The molecule has 8 nitrogen and oxygen atoms in total. The molecule has 0 unspecified atom stereocenters. The highest BCUT2D eigenvalue weighted by Gasteiger charge is 2.17. The topological polar surface area (TPSA) is 138 Å². The normalized spacial score (nSPS) is 12.1. The van der Waals surface area contributed by atoms with Gasteiger partial charge in [0.15, 0.2) is 0 Å². The zero-order valence-corrected chi connectivity index (χ0v) is 12.9. The Morgan fingerprint density at radius 1 is 1.12 bits per heavy atom. The highest BCUT2D eigenvalue weighted by atomic mass is 16.4. The largest absolute Gasteiger partial charge is 0.550 e. The van der Waals surface area contributed by atoms with Crippen LogP contribution in [0, 0.1) is 0 Å². The van der Waals surface area contributed by atoms with Gasteiger partial charge in [-0.25, -0.2) is 0 Å². The molecule has 1 aromatic carbocycles. The summed E-state index contributed by atoms with van der Waals surface area (Å²) in [6.07, 6.45) is 0.410. The minimum atomic E-state index is -1.63. The van der Waals surface area contributed by atoms with Crippen LogP contribution < -0.4 is 20.8 Å². The van der Waals surface area contributed by atoms with Gasteiger partial charge in [0.05, 0.1) is 12.0 Å². The van der Waals surface area contributed by atoms with E-state index in [0.29, 0.717) is 5.56 Å². The highest BCUT2D eigenvalue weighted by Crippen LogP contribution is 2.06. The van der Waals surface area contributed by atoms with Crippen molar-refractivity contribution >= 4 is 29.8 Å². The molecule has 0 radical (unpaired) electrons. The molecule has 1 rings (SSSR count). The van der Waals surface area contributed by atoms with Gasteiger partial charge < -0.3 is 30.4 Å². The summed E-state index contributed by atoms with van der Waals surface area (Å²) in [5.74, 6) is -4.47. The molecule has 0 spiro atoms. The van der Waals surface area contributed by atoms with Crippen molar-refractivity contribution in [1.29, 1.82) is 0 Å². The van der Waals surface area contributed by atoms with Crippen molar-refractivity contribution in [2.24, 2.45) is 0 Å². The third-order valence-corrected chi connectivity index (χ3v) is 2.89. The number of rotatable bonds is 8. The molecule has 2 amide bonds. The molecule has 0 aliphatic rings. The maximum atomic E-state index is 12.2. The lowest BCUT2D eigenvalue weighted by Crippen LogP contribution is -2.50. The maximum Gasteiger partial charge on any atom is 0.268 e. The van der Waals surface area contributed by atoms with Crippen LogP contribution in [0.1, 0.15) is 25.3 Å². The summed E-state index contributed by atoms with van der Waals surface area (Å²) in [5, 5.41) is 25.9. The minimum Gasteiger partial charge on any atom is -0.550 e. The van der Waals surface area contributed by atoms with Gasteiger partial charge >= 0.3 is 0 Å². The molecule has 0 saturated heterocycles. The molecule has 0 aliphatic heterocycles. The average Bonchev–Trinajstić information content (AvgIpc) is 2.50. The van der Waals surface area contributed by atoms with Gasteiger partial charge in [-0.05, 0) is 24.5 Å². The molecule has 0 aliphatic carbocycles. The number of carbonyl (C=O) groups is 4. The zero-order chi connectivity index (χ0) is 18.1. The SMILES string of the molecule is CC(=O)N/C(=C/c1ccccc1)C(=O)N[C@H](CCC(=O)[O-])C(=O)[O-]. The number of carboxylic acid groups (broad SMARTS) is 2. The second-order valence-electron chi connectivity index (χ2n) is 4.91. The third kappa shape index (κ3) is 6.73. The predicted molar refractivity (Wildman–Crippen MR) is 79.4 cm³/mol. The first-order chi connectivity index (χ1) is 11.3. The lowest BCUT2D eigenvalue weighted by Gasteiger charge is -2.21. The van der Waals surface area contributed by atoms with Crippen molar-refractivity contribution in [2.75, 3.05) is 0 Å². The molecular formula is C16H16N2O6-2. The van der Waals surface area contributed by atoms with E-state index in [1.807, 2.05) is 0 Å². The Balaban J connectivity index is 2.94. The fourth-order valence-electron chi connectivity index (χ4n) is 1.81. The summed E-state index contributed by atoms with van der Waals surface area (Å²) in [4.78, 5) is 44.9. The summed E-state index contributed by atoms with van der Waals surface area (Å²) in [6, 6.07) is 7.05. The van der Waals surface area contributed by atoms with Gasteiger partial charge in [0.1, 0.15) is 5.70 Å². The molecule has 128 valence electrons. The smallest absolute Gasteiger partial charge is 0.268 e. The highest BCUT2D eigenvalue weighted by molar-refractivity contribution is 6.02. The fraction of sp³-hybridized carbons (Fsp3) is 0.250. The number of nitrogens with one attached hydrogen (secondary N) is 2. The molecule has 2 N–H and O–H groups in total. The molecule has 0 bridgehead atoms. The van der Waals surface area contributed by atoms with Crippen LogP contribution in [-0.2, 0) is 19.2 Å². The Hall–Kier alpha value is -3.16. The van der Waals surface area contributed by atoms with Gasteiger partial charge in [-0.2, -0.15) is 0 Å². The van der Waals surface area contributed by atoms with E-state index in [4.69, 9.17) is 0 Å². The van der Waals surface area contributed by atoms with Gasteiger partial charge in [-0.15, -0.1) is 0 Å². The number of carboxylic acids is 2. The van der Waals surface area contributed by atoms with Gasteiger partial charge in [0, 0.05) is 12.9 Å². The molecule has 0 fully saturated rings. The van der Waals surface area contributed by atoms with Crippen molar-refractivity contribution in [2.45, 2.75) is 25.8 Å². The standard InChI is InChI=1S/C16H18N2O6/c1-10(19)17-13(9-11-5-3-2-4-6-11)15(22)18-12(16(23)24)7-8-14(20)21/h2-6,9,12H,7-8H2,1H3,(H,17,19)(H,18,22)(H,20,21)(H,23,24)/p-2/b13-9+/t12-/m1/s1. The molecule has 1 atom stereocenters. The van der Waals surface area contributed by atoms with Gasteiger partial charge in [0.2, 0.25) is 5.91 Å². The Kier molecular flexibility index (Phi) is 7.15. The third-order valence-electron chi connectivity index (χ3n) is 2.89. The van der Waals surface area contributed by atoms with Crippen LogP contribution in [0.4, 0.5) is 0 Å². The fourth-order valence-corrected chi connectivity index (χ4v) is 1.81. The molecule has 1 aromatic rings. The van der Waals surface area contributed by atoms with Crippen LogP contribution >= 0.6 is 0 Å². The summed E-state index contributed by atoms with van der Waals surface area (Å²) >= 11 is 0. The van der Waals surface area contributed by atoms with Crippen LogP contribution in [0.3, 0.4) is 0 Å². The summed E-state index contributed by atoms with van der Waals surface area (Å²) in [5.41, 5.74) is 0.435. The summed E-state index contributed by atoms with van der Waals surface area (Å²) < 4.78 is 0. The van der Waals surface area contributed by atoms with E-state index < -0.39 is 42.6 Å². The molecule has 24 heavy (non-hydrogen) atoms. The number of hydrogen-bond donors (Lipinski definition) is 2. The van der Waals surface area contributed by atoms with Gasteiger partial charge in [-0.3, -0.25) is 9.59 Å². The summed E-state index contributed by atoms with van der Waals surface area (Å²) in [7, 11) is 0.